The molecule has 2 aromatic carbocycles. The van der Waals surface area contributed by atoms with Crippen LogP contribution in [0.3, 0.4) is 0 Å². The number of anilines is 2. The largest absolute Gasteiger partial charge is 0.378 e. The number of amides is 1. The van der Waals surface area contributed by atoms with Crippen molar-refractivity contribution in [2.75, 3.05) is 24.3 Å². The van der Waals surface area contributed by atoms with E-state index in [4.69, 9.17) is 0 Å². The fourth-order valence-corrected chi connectivity index (χ4v) is 4.26. The van der Waals surface area contributed by atoms with Crippen LogP contribution in [0.2, 0.25) is 0 Å². The van der Waals surface area contributed by atoms with Crippen LogP contribution >= 0.6 is 11.8 Å². The average molecular weight is 478 g/mol. The van der Waals surface area contributed by atoms with E-state index in [0.29, 0.717) is 28.0 Å². The highest BCUT2D eigenvalue weighted by Gasteiger charge is 2.22. The molecule has 1 N–H and O–H groups in total. The van der Waals surface area contributed by atoms with Crippen molar-refractivity contribution in [2.24, 2.45) is 0 Å². The number of hydrogen-bond acceptors (Lipinski definition) is 7. The number of carbonyl (C=O) groups excluding carboxylic acids is 1. The highest BCUT2D eigenvalue weighted by molar-refractivity contribution is 7.98. The van der Waals surface area contributed by atoms with Gasteiger partial charge in [-0.3, -0.25) is 4.79 Å². The summed E-state index contributed by atoms with van der Waals surface area (Å²) in [6, 6.07) is 15.2. The minimum absolute atomic E-state index is 0.179. The lowest BCUT2D eigenvalue weighted by Crippen LogP contribution is -2.15. The SMILES string of the molecule is Cc1cc(C)nc(SCc2c(C(=O)Nc3ccc(N(C)C)cc3)nnn2-c2ccc(F)cc2)n1. The van der Waals surface area contributed by atoms with E-state index < -0.39 is 0 Å². The van der Waals surface area contributed by atoms with E-state index in [0.717, 1.165) is 17.1 Å². The number of hydrogen-bond donors (Lipinski definition) is 1. The molecule has 2 heterocycles. The van der Waals surface area contributed by atoms with Crippen LogP contribution in [-0.2, 0) is 5.75 Å². The molecule has 1 amide bonds. The second-order valence-electron chi connectivity index (χ2n) is 7.89. The molecule has 2 aromatic heterocycles. The summed E-state index contributed by atoms with van der Waals surface area (Å²) in [5.74, 6) is -0.402. The number of nitrogens with zero attached hydrogens (tertiary/aromatic N) is 6. The van der Waals surface area contributed by atoms with Crippen LogP contribution < -0.4 is 10.2 Å². The molecule has 0 unspecified atom stereocenters. The molecular formula is C24H24FN7OS. The standard InChI is InChI=1S/C24H24FN7OS/c1-15-13-16(2)27-24(26-15)34-14-21-22(29-30-32(21)20-9-5-17(25)6-10-20)23(33)28-18-7-11-19(12-8-18)31(3)4/h5-13H,14H2,1-4H3,(H,28,33). The summed E-state index contributed by atoms with van der Waals surface area (Å²) in [6.07, 6.45) is 0. The first kappa shape index (κ1) is 23.4. The molecular weight excluding hydrogens is 453 g/mol. The van der Waals surface area contributed by atoms with Gasteiger partial charge in [0, 0.05) is 42.6 Å². The number of aromatic nitrogens is 5. The van der Waals surface area contributed by atoms with Gasteiger partial charge in [-0.25, -0.2) is 19.0 Å². The molecule has 174 valence electrons. The van der Waals surface area contributed by atoms with Gasteiger partial charge in [0.05, 0.1) is 11.4 Å². The Morgan fingerprint density at radius 2 is 1.68 bits per heavy atom. The highest BCUT2D eigenvalue weighted by atomic mass is 32.2. The molecule has 0 aliphatic heterocycles. The number of halogens is 1. The third-order valence-electron chi connectivity index (χ3n) is 4.99. The molecule has 0 fully saturated rings. The maximum Gasteiger partial charge on any atom is 0.278 e. The zero-order chi connectivity index (χ0) is 24.2. The molecule has 4 aromatic rings. The Morgan fingerprint density at radius 3 is 2.29 bits per heavy atom. The van der Waals surface area contributed by atoms with Gasteiger partial charge < -0.3 is 10.2 Å². The number of nitrogens with one attached hydrogen (secondary N) is 1. The zero-order valence-electron chi connectivity index (χ0n) is 19.3. The van der Waals surface area contributed by atoms with Crippen molar-refractivity contribution in [3.63, 3.8) is 0 Å². The Kier molecular flexibility index (Phi) is 6.87. The summed E-state index contributed by atoms with van der Waals surface area (Å²) in [5.41, 5.74) is 4.72. The van der Waals surface area contributed by atoms with Crippen LogP contribution in [0.25, 0.3) is 5.69 Å². The van der Waals surface area contributed by atoms with E-state index >= 15 is 0 Å². The van der Waals surface area contributed by atoms with E-state index in [2.05, 4.69) is 25.6 Å². The van der Waals surface area contributed by atoms with E-state index in [1.54, 1.807) is 16.8 Å². The molecule has 0 radical (unpaired) electrons. The number of carbonyl (C=O) groups is 1. The van der Waals surface area contributed by atoms with Gasteiger partial charge in [0.25, 0.3) is 5.91 Å². The molecule has 10 heteroatoms. The van der Waals surface area contributed by atoms with E-state index in [9.17, 15) is 9.18 Å². The molecule has 8 nitrogen and oxygen atoms in total. The lowest BCUT2D eigenvalue weighted by molar-refractivity contribution is 0.102. The lowest BCUT2D eigenvalue weighted by Gasteiger charge is -2.13. The summed E-state index contributed by atoms with van der Waals surface area (Å²) in [7, 11) is 3.90. The second-order valence-corrected chi connectivity index (χ2v) is 8.83. The minimum atomic E-state index is -0.386. The van der Waals surface area contributed by atoms with Gasteiger partial charge in [0.15, 0.2) is 10.9 Å². The molecule has 0 saturated heterocycles. The van der Waals surface area contributed by atoms with Crippen LogP contribution in [0.15, 0.2) is 59.8 Å². The Hall–Kier alpha value is -3.79. The summed E-state index contributed by atoms with van der Waals surface area (Å²) < 4.78 is 15.0. The Morgan fingerprint density at radius 1 is 1.03 bits per heavy atom. The second kappa shape index (κ2) is 10.0. The smallest absolute Gasteiger partial charge is 0.278 e. The molecule has 0 spiro atoms. The van der Waals surface area contributed by atoms with E-state index in [1.807, 2.05) is 63.2 Å². The summed E-state index contributed by atoms with van der Waals surface area (Å²) in [4.78, 5) is 24.0. The highest BCUT2D eigenvalue weighted by Crippen LogP contribution is 2.25. The summed E-state index contributed by atoms with van der Waals surface area (Å²) in [5, 5.41) is 11.8. The summed E-state index contributed by atoms with van der Waals surface area (Å²) >= 11 is 1.38. The first-order chi connectivity index (χ1) is 16.3. The van der Waals surface area contributed by atoms with Crippen molar-refractivity contribution in [1.82, 2.24) is 25.0 Å². The molecule has 0 saturated carbocycles. The molecule has 0 bridgehead atoms. The lowest BCUT2D eigenvalue weighted by atomic mass is 10.2. The maximum absolute atomic E-state index is 13.5. The van der Waals surface area contributed by atoms with Crippen LogP contribution in [0.1, 0.15) is 27.6 Å². The maximum atomic E-state index is 13.5. The minimum Gasteiger partial charge on any atom is -0.378 e. The predicted octanol–water partition coefficient (Wildman–Crippen LogP) is 4.42. The van der Waals surface area contributed by atoms with Crippen LogP contribution in [0.4, 0.5) is 15.8 Å². The normalized spacial score (nSPS) is 10.9. The quantitative estimate of drug-likeness (QED) is 0.311. The number of rotatable bonds is 7. The van der Waals surface area contributed by atoms with Crippen molar-refractivity contribution in [3.8, 4) is 5.69 Å². The van der Waals surface area contributed by atoms with Gasteiger partial charge in [-0.1, -0.05) is 17.0 Å². The van der Waals surface area contributed by atoms with Gasteiger partial charge in [-0.15, -0.1) is 5.10 Å². The molecule has 4 rings (SSSR count). The Balaban J connectivity index is 1.64. The van der Waals surface area contributed by atoms with Gasteiger partial charge in [0.2, 0.25) is 0 Å². The number of aryl methyl sites for hydroxylation is 2. The molecule has 0 aliphatic carbocycles. The van der Waals surface area contributed by atoms with Crippen molar-refractivity contribution in [1.29, 1.82) is 0 Å². The van der Waals surface area contributed by atoms with Crippen molar-refractivity contribution < 1.29 is 9.18 Å². The van der Waals surface area contributed by atoms with Crippen molar-refractivity contribution >= 4 is 29.0 Å². The topological polar surface area (TPSA) is 88.8 Å². The molecule has 0 atom stereocenters. The number of thioether (sulfide) groups is 1. The molecule has 34 heavy (non-hydrogen) atoms. The zero-order valence-corrected chi connectivity index (χ0v) is 20.1. The van der Waals surface area contributed by atoms with Crippen molar-refractivity contribution in [2.45, 2.75) is 24.8 Å². The van der Waals surface area contributed by atoms with E-state index in [-0.39, 0.29) is 17.4 Å². The fraction of sp³-hybridized carbons (Fsp3) is 0.208. The molecule has 0 aliphatic rings. The average Bonchev–Trinajstić information content (AvgIpc) is 3.22. The predicted molar refractivity (Wildman–Crippen MR) is 131 cm³/mol. The van der Waals surface area contributed by atoms with Crippen molar-refractivity contribution in [3.05, 3.63) is 83.2 Å². The third kappa shape index (κ3) is 5.40. The first-order valence-corrected chi connectivity index (χ1v) is 11.5. The Labute approximate surface area is 201 Å². The fourth-order valence-electron chi connectivity index (χ4n) is 3.32. The summed E-state index contributed by atoms with van der Waals surface area (Å²) in [6.45, 7) is 3.81. The van der Waals surface area contributed by atoms with Crippen LogP contribution in [-0.4, -0.2) is 45.0 Å². The first-order valence-electron chi connectivity index (χ1n) is 10.5. The van der Waals surface area contributed by atoms with Crippen LogP contribution in [0.5, 0.6) is 0 Å². The van der Waals surface area contributed by atoms with Gasteiger partial charge in [-0.05, 0) is 68.4 Å². The third-order valence-corrected chi connectivity index (χ3v) is 5.85. The van der Waals surface area contributed by atoms with Crippen LogP contribution in [0, 0.1) is 19.7 Å². The van der Waals surface area contributed by atoms with Gasteiger partial charge in [-0.2, -0.15) is 0 Å². The Bertz CT molecular complexity index is 1280. The van der Waals surface area contributed by atoms with Gasteiger partial charge in [0.1, 0.15) is 5.82 Å². The van der Waals surface area contributed by atoms with Gasteiger partial charge >= 0.3 is 0 Å². The van der Waals surface area contributed by atoms with E-state index in [1.165, 1.54) is 23.9 Å². The number of benzene rings is 2. The monoisotopic (exact) mass is 477 g/mol.